The maximum Gasteiger partial charge on any atom is 0.191 e. The molecule has 0 spiro atoms. The van der Waals surface area contributed by atoms with Gasteiger partial charge >= 0.3 is 0 Å². The number of hydrogen-bond donors (Lipinski definition) is 2. The van der Waals surface area contributed by atoms with Crippen molar-refractivity contribution < 1.29 is 0 Å². The normalized spacial score (nSPS) is 13.3. The maximum absolute atomic E-state index is 4.33. The molecule has 0 aliphatic carbocycles. The van der Waals surface area contributed by atoms with Crippen molar-refractivity contribution >= 4 is 17.3 Å². The van der Waals surface area contributed by atoms with Gasteiger partial charge in [0, 0.05) is 26.8 Å². The number of rotatable bonds is 8. The van der Waals surface area contributed by atoms with Crippen molar-refractivity contribution in [1.82, 2.24) is 25.3 Å². The molecule has 0 bridgehead atoms. The van der Waals surface area contributed by atoms with Crippen LogP contribution in [0.4, 0.5) is 0 Å². The number of aromatic nitrogens is 2. The van der Waals surface area contributed by atoms with Crippen LogP contribution in [0.2, 0.25) is 0 Å². The lowest BCUT2D eigenvalue weighted by Crippen LogP contribution is -2.43. The summed E-state index contributed by atoms with van der Waals surface area (Å²) in [6.45, 7) is 7.99. The highest BCUT2D eigenvalue weighted by Gasteiger charge is 2.18. The van der Waals surface area contributed by atoms with Gasteiger partial charge in [0.05, 0.1) is 18.3 Å². The summed E-state index contributed by atoms with van der Waals surface area (Å²) >= 11 is 1.75. The van der Waals surface area contributed by atoms with Crippen LogP contribution in [0.5, 0.6) is 0 Å². The fourth-order valence-electron chi connectivity index (χ4n) is 2.75. The van der Waals surface area contributed by atoms with E-state index in [2.05, 4.69) is 56.3 Å². The van der Waals surface area contributed by atoms with E-state index < -0.39 is 0 Å². The van der Waals surface area contributed by atoms with E-state index in [0.29, 0.717) is 12.6 Å². The van der Waals surface area contributed by atoms with E-state index in [1.807, 2.05) is 17.8 Å². The van der Waals surface area contributed by atoms with Crippen LogP contribution in [0.1, 0.15) is 31.1 Å². The van der Waals surface area contributed by atoms with Gasteiger partial charge in [0.2, 0.25) is 0 Å². The molecule has 0 aliphatic heterocycles. The van der Waals surface area contributed by atoms with E-state index in [1.165, 1.54) is 5.56 Å². The minimum atomic E-state index is 0.349. The van der Waals surface area contributed by atoms with Crippen molar-refractivity contribution in [3.8, 4) is 0 Å². The Morgan fingerprint density at radius 1 is 1.33 bits per heavy atom. The Hall–Kier alpha value is -1.86. The molecule has 2 rings (SSSR count). The first-order valence-electron chi connectivity index (χ1n) is 8.37. The van der Waals surface area contributed by atoms with E-state index in [4.69, 9.17) is 0 Å². The monoisotopic (exact) mass is 348 g/mol. The van der Waals surface area contributed by atoms with E-state index >= 15 is 0 Å². The summed E-state index contributed by atoms with van der Waals surface area (Å²) in [5, 5.41) is 15.4. The van der Waals surface area contributed by atoms with Crippen molar-refractivity contribution in [2.45, 2.75) is 26.4 Å². The second-order valence-electron chi connectivity index (χ2n) is 5.55. The lowest BCUT2D eigenvalue weighted by Gasteiger charge is -2.30. The first-order chi connectivity index (χ1) is 11.7. The number of aryl methyl sites for hydroxylation is 1. The topological polar surface area (TPSA) is 57.5 Å². The third-order valence-corrected chi connectivity index (χ3v) is 4.93. The second-order valence-corrected chi connectivity index (χ2v) is 6.33. The molecule has 2 aromatic rings. The summed E-state index contributed by atoms with van der Waals surface area (Å²) in [7, 11) is 3.75. The van der Waals surface area contributed by atoms with E-state index in [9.17, 15) is 0 Å². The van der Waals surface area contributed by atoms with Crippen LogP contribution in [0.15, 0.2) is 34.1 Å². The molecule has 0 radical (unpaired) electrons. The van der Waals surface area contributed by atoms with Crippen molar-refractivity contribution in [2.75, 3.05) is 26.7 Å². The van der Waals surface area contributed by atoms with Gasteiger partial charge in [-0.3, -0.25) is 14.6 Å². The lowest BCUT2D eigenvalue weighted by molar-refractivity contribution is 0.219. The van der Waals surface area contributed by atoms with Crippen molar-refractivity contribution in [2.24, 2.45) is 12.0 Å². The Balaban J connectivity index is 1.95. The number of hydrogen-bond acceptors (Lipinski definition) is 4. The van der Waals surface area contributed by atoms with Gasteiger partial charge in [-0.2, -0.15) is 16.4 Å². The third kappa shape index (κ3) is 4.82. The van der Waals surface area contributed by atoms with Gasteiger partial charge in [-0.15, -0.1) is 0 Å². The van der Waals surface area contributed by atoms with Crippen LogP contribution in [0.25, 0.3) is 0 Å². The number of nitrogens with zero attached hydrogens (tertiary/aromatic N) is 4. The van der Waals surface area contributed by atoms with Crippen LogP contribution in [0, 0.1) is 0 Å². The zero-order chi connectivity index (χ0) is 17.4. The van der Waals surface area contributed by atoms with E-state index in [-0.39, 0.29) is 0 Å². The van der Waals surface area contributed by atoms with Gasteiger partial charge < -0.3 is 10.6 Å². The Labute approximate surface area is 148 Å². The summed E-state index contributed by atoms with van der Waals surface area (Å²) in [6.07, 6.45) is 1.81. The van der Waals surface area contributed by atoms with Crippen LogP contribution < -0.4 is 10.6 Å². The third-order valence-electron chi connectivity index (χ3n) is 4.23. The second kappa shape index (κ2) is 9.44. The molecule has 7 heteroatoms. The maximum atomic E-state index is 4.33. The minimum absolute atomic E-state index is 0.349. The SMILES string of the molecule is CCN(CC)C(CNC(=NC)NCc1ccnn1C)c1ccsc1. The predicted octanol–water partition coefficient (Wildman–Crippen LogP) is 2.23. The first kappa shape index (κ1) is 18.5. The molecular formula is C17H28N6S. The highest BCUT2D eigenvalue weighted by atomic mass is 32.1. The fourth-order valence-corrected chi connectivity index (χ4v) is 3.46. The summed E-state index contributed by atoms with van der Waals surface area (Å²) in [5.41, 5.74) is 2.48. The molecule has 24 heavy (non-hydrogen) atoms. The fraction of sp³-hybridized carbons (Fsp3) is 0.529. The van der Waals surface area contributed by atoms with Crippen molar-refractivity contribution in [1.29, 1.82) is 0 Å². The molecule has 2 heterocycles. The molecule has 0 saturated heterocycles. The summed E-state index contributed by atoms with van der Waals surface area (Å²) < 4.78 is 1.87. The van der Waals surface area contributed by atoms with Gasteiger partial charge in [0.25, 0.3) is 0 Å². The quantitative estimate of drug-likeness (QED) is 0.567. The van der Waals surface area contributed by atoms with Gasteiger partial charge in [0.15, 0.2) is 5.96 Å². The predicted molar refractivity (Wildman–Crippen MR) is 101 cm³/mol. The molecule has 2 N–H and O–H groups in total. The Bertz CT molecular complexity index is 615. The number of nitrogens with one attached hydrogen (secondary N) is 2. The molecule has 1 unspecified atom stereocenters. The smallest absolute Gasteiger partial charge is 0.191 e. The van der Waals surface area contributed by atoms with Gasteiger partial charge in [0.1, 0.15) is 0 Å². The number of guanidine groups is 1. The average molecular weight is 349 g/mol. The zero-order valence-electron chi connectivity index (χ0n) is 15.0. The summed E-state index contributed by atoms with van der Waals surface area (Å²) in [5.74, 6) is 0.809. The molecule has 0 aliphatic rings. The van der Waals surface area contributed by atoms with Crippen molar-refractivity contribution in [3.63, 3.8) is 0 Å². The highest BCUT2D eigenvalue weighted by Crippen LogP contribution is 2.22. The largest absolute Gasteiger partial charge is 0.354 e. The number of likely N-dealkylation sites (N-methyl/N-ethyl adjacent to an activating group) is 1. The molecule has 6 nitrogen and oxygen atoms in total. The Morgan fingerprint density at radius 2 is 2.12 bits per heavy atom. The number of aliphatic imine (C=N–C) groups is 1. The Kier molecular flexibility index (Phi) is 7.27. The van der Waals surface area contributed by atoms with Crippen molar-refractivity contribution in [3.05, 3.63) is 40.3 Å². The Morgan fingerprint density at radius 3 is 2.67 bits per heavy atom. The van der Waals surface area contributed by atoms with Crippen LogP contribution in [0.3, 0.4) is 0 Å². The van der Waals surface area contributed by atoms with Gasteiger partial charge in [-0.1, -0.05) is 13.8 Å². The average Bonchev–Trinajstić information content (AvgIpc) is 3.26. The minimum Gasteiger partial charge on any atom is -0.354 e. The van der Waals surface area contributed by atoms with E-state index in [1.54, 1.807) is 24.6 Å². The number of thiophene rings is 1. The lowest BCUT2D eigenvalue weighted by atomic mass is 10.1. The zero-order valence-corrected chi connectivity index (χ0v) is 15.8. The standard InChI is InChI=1S/C17H28N6S/c1-5-23(6-2)16(14-8-10-24-13-14)12-20-17(18-3)19-11-15-7-9-21-22(15)4/h7-10,13,16H,5-6,11-12H2,1-4H3,(H2,18,19,20). The molecular weight excluding hydrogens is 320 g/mol. The van der Waals surface area contributed by atoms with Crippen LogP contribution >= 0.6 is 11.3 Å². The molecule has 0 fully saturated rings. The van der Waals surface area contributed by atoms with Gasteiger partial charge in [-0.25, -0.2) is 0 Å². The molecule has 0 saturated carbocycles. The highest BCUT2D eigenvalue weighted by molar-refractivity contribution is 7.07. The summed E-state index contributed by atoms with van der Waals surface area (Å²) in [4.78, 5) is 6.79. The van der Waals surface area contributed by atoms with Crippen LogP contribution in [-0.4, -0.2) is 47.3 Å². The van der Waals surface area contributed by atoms with Gasteiger partial charge in [-0.05, 0) is 41.5 Å². The first-order valence-corrected chi connectivity index (χ1v) is 9.31. The molecule has 1 atom stereocenters. The molecule has 0 amide bonds. The molecule has 132 valence electrons. The molecule has 0 aromatic carbocycles. The summed E-state index contributed by atoms with van der Waals surface area (Å²) in [6, 6.07) is 4.56. The van der Waals surface area contributed by atoms with E-state index in [0.717, 1.165) is 31.3 Å². The van der Waals surface area contributed by atoms with Crippen LogP contribution in [-0.2, 0) is 13.6 Å². The molecule has 2 aromatic heterocycles.